The molecule has 0 N–H and O–H groups in total. The summed E-state index contributed by atoms with van der Waals surface area (Å²) >= 11 is 0. The maximum Gasteiger partial charge on any atom is 0.330 e. The largest absolute Gasteiger partial charge is 0.465 e. The molecule has 0 aromatic rings. The van der Waals surface area contributed by atoms with E-state index in [1.807, 2.05) is 61.9 Å². The lowest BCUT2D eigenvalue weighted by Crippen LogP contribution is -2.44. The van der Waals surface area contributed by atoms with Crippen molar-refractivity contribution < 1.29 is 38.1 Å². The van der Waals surface area contributed by atoms with Gasteiger partial charge in [-0.25, -0.2) is 9.59 Å². The monoisotopic (exact) mass is 556 g/mol. The van der Waals surface area contributed by atoms with Crippen LogP contribution in [0, 0.1) is 5.41 Å². The van der Waals surface area contributed by atoms with Crippen LogP contribution in [0.15, 0.2) is 25.3 Å². The van der Waals surface area contributed by atoms with Crippen molar-refractivity contribution >= 4 is 23.9 Å². The van der Waals surface area contributed by atoms with E-state index in [9.17, 15) is 19.2 Å². The third-order valence-electron chi connectivity index (χ3n) is 5.71. The summed E-state index contributed by atoms with van der Waals surface area (Å²) in [6, 6.07) is 0. The van der Waals surface area contributed by atoms with Crippen LogP contribution in [-0.2, 0) is 38.1 Å². The SMILES string of the molecule is C=CC(=O)OCC(COC(=O)C=C)(COC(=O)CCN(C)CCN(C)C)COC(=O)CCN(C)CCN(C)C. The van der Waals surface area contributed by atoms with Gasteiger partial charge in [0.1, 0.15) is 31.8 Å². The molecular weight excluding hydrogens is 508 g/mol. The molecule has 224 valence electrons. The van der Waals surface area contributed by atoms with E-state index in [2.05, 4.69) is 13.2 Å². The zero-order valence-corrected chi connectivity index (χ0v) is 24.6. The van der Waals surface area contributed by atoms with Crippen molar-refractivity contribution in [2.75, 3.05) is 108 Å². The number of rotatable bonds is 22. The molecule has 12 heteroatoms. The Morgan fingerprint density at radius 2 is 0.897 bits per heavy atom. The van der Waals surface area contributed by atoms with Crippen LogP contribution in [0.4, 0.5) is 0 Å². The number of carbonyl (C=O) groups excluding carboxylic acids is 4. The number of likely N-dealkylation sites (N-methyl/N-ethyl adjacent to an activating group) is 4. The Morgan fingerprint density at radius 1 is 0.564 bits per heavy atom. The number of carbonyl (C=O) groups is 4. The summed E-state index contributed by atoms with van der Waals surface area (Å²) in [7, 11) is 11.7. The quantitative estimate of drug-likeness (QED) is 0.104. The number of nitrogens with zero attached hydrogens (tertiary/aromatic N) is 4. The predicted molar refractivity (Wildman–Crippen MR) is 148 cm³/mol. The van der Waals surface area contributed by atoms with E-state index in [4.69, 9.17) is 18.9 Å². The molecule has 0 aromatic heterocycles. The number of esters is 4. The Labute approximate surface area is 233 Å². The number of ether oxygens (including phenoxy) is 4. The first-order chi connectivity index (χ1) is 18.3. The summed E-state index contributed by atoms with van der Waals surface area (Å²) < 4.78 is 21.4. The molecule has 0 bridgehead atoms. The minimum absolute atomic E-state index is 0.123. The lowest BCUT2D eigenvalue weighted by Gasteiger charge is -2.31. The highest BCUT2D eigenvalue weighted by molar-refractivity contribution is 5.81. The summed E-state index contributed by atoms with van der Waals surface area (Å²) in [6.45, 7) is 9.65. The van der Waals surface area contributed by atoms with Crippen LogP contribution in [0.2, 0.25) is 0 Å². The topological polar surface area (TPSA) is 118 Å². The van der Waals surface area contributed by atoms with Gasteiger partial charge in [-0.2, -0.15) is 0 Å². The fourth-order valence-electron chi connectivity index (χ4n) is 2.96. The minimum atomic E-state index is -1.32. The smallest absolute Gasteiger partial charge is 0.330 e. The molecule has 0 aliphatic heterocycles. The molecule has 0 heterocycles. The van der Waals surface area contributed by atoms with Gasteiger partial charge in [-0.05, 0) is 42.3 Å². The number of hydrogen-bond donors (Lipinski definition) is 0. The van der Waals surface area contributed by atoms with E-state index in [0.717, 1.165) is 38.3 Å². The average Bonchev–Trinajstić information content (AvgIpc) is 2.91. The molecule has 39 heavy (non-hydrogen) atoms. The van der Waals surface area contributed by atoms with Gasteiger partial charge in [-0.1, -0.05) is 13.2 Å². The third kappa shape index (κ3) is 19.0. The van der Waals surface area contributed by atoms with E-state index in [0.29, 0.717) is 13.1 Å². The molecule has 0 saturated heterocycles. The average molecular weight is 557 g/mol. The molecule has 0 rings (SSSR count). The Kier molecular flexibility index (Phi) is 18.7. The summed E-state index contributed by atoms with van der Waals surface area (Å²) in [4.78, 5) is 56.7. The highest BCUT2D eigenvalue weighted by atomic mass is 16.6. The van der Waals surface area contributed by atoms with Crippen LogP contribution in [0.5, 0.6) is 0 Å². The van der Waals surface area contributed by atoms with Crippen molar-refractivity contribution in [2.45, 2.75) is 12.8 Å². The Balaban J connectivity index is 5.33. The molecule has 0 aromatic carbocycles. The molecule has 0 saturated carbocycles. The third-order valence-corrected chi connectivity index (χ3v) is 5.71. The van der Waals surface area contributed by atoms with E-state index in [1.54, 1.807) is 0 Å². The molecule has 0 unspecified atom stereocenters. The maximum absolute atomic E-state index is 12.5. The van der Waals surface area contributed by atoms with Crippen molar-refractivity contribution in [2.24, 2.45) is 5.41 Å². The van der Waals surface area contributed by atoms with Gasteiger partial charge < -0.3 is 38.5 Å². The van der Waals surface area contributed by atoms with Gasteiger partial charge in [0.05, 0.1) is 12.8 Å². The van der Waals surface area contributed by atoms with Gasteiger partial charge in [-0.15, -0.1) is 0 Å². The van der Waals surface area contributed by atoms with Crippen LogP contribution < -0.4 is 0 Å². The first-order valence-electron chi connectivity index (χ1n) is 12.9. The molecule has 0 fully saturated rings. The highest BCUT2D eigenvalue weighted by Gasteiger charge is 2.37. The first kappa shape index (κ1) is 36.2. The van der Waals surface area contributed by atoms with Crippen molar-refractivity contribution in [3.63, 3.8) is 0 Å². The maximum atomic E-state index is 12.5. The Bertz CT molecular complexity index is 724. The second-order valence-electron chi connectivity index (χ2n) is 10.2. The van der Waals surface area contributed by atoms with Crippen LogP contribution in [0.25, 0.3) is 0 Å². The van der Waals surface area contributed by atoms with Gasteiger partial charge in [0.2, 0.25) is 0 Å². The Morgan fingerprint density at radius 3 is 1.21 bits per heavy atom. The fourth-order valence-corrected chi connectivity index (χ4v) is 2.96. The zero-order chi connectivity index (χ0) is 29.8. The van der Waals surface area contributed by atoms with E-state index >= 15 is 0 Å². The molecule has 12 nitrogen and oxygen atoms in total. The van der Waals surface area contributed by atoms with Crippen LogP contribution >= 0.6 is 0 Å². The highest BCUT2D eigenvalue weighted by Crippen LogP contribution is 2.22. The zero-order valence-electron chi connectivity index (χ0n) is 24.6. The summed E-state index contributed by atoms with van der Waals surface area (Å²) in [6.07, 6.45) is 2.20. The summed E-state index contributed by atoms with van der Waals surface area (Å²) in [5.74, 6) is -2.43. The van der Waals surface area contributed by atoms with Gasteiger partial charge >= 0.3 is 23.9 Å². The predicted octanol–water partition coefficient (Wildman–Crippen LogP) is 0.285. The number of hydrogen-bond acceptors (Lipinski definition) is 12. The molecule has 0 spiro atoms. The second-order valence-corrected chi connectivity index (χ2v) is 10.2. The van der Waals surface area contributed by atoms with Crippen LogP contribution in [0.1, 0.15) is 12.8 Å². The lowest BCUT2D eigenvalue weighted by atomic mass is 9.92. The van der Waals surface area contributed by atoms with Crippen molar-refractivity contribution in [3.05, 3.63) is 25.3 Å². The molecule has 0 aliphatic carbocycles. The van der Waals surface area contributed by atoms with E-state index < -0.39 is 29.3 Å². The molecule has 0 radical (unpaired) electrons. The Hall–Kier alpha value is -2.80. The van der Waals surface area contributed by atoms with Crippen molar-refractivity contribution in [3.8, 4) is 0 Å². The fraction of sp³-hybridized carbons (Fsp3) is 0.704. The minimum Gasteiger partial charge on any atom is -0.465 e. The molecule has 0 amide bonds. The standard InChI is InChI=1S/C27H48N4O8/c1-9-23(32)36-19-27(20-37-24(33)10-2,21-38-25(34)11-13-30(7)17-15-28(3)4)22-39-26(35)12-14-31(8)18-16-29(5)6/h9-10H,1-2,11-22H2,3-8H3. The second kappa shape index (κ2) is 20.2. The van der Waals surface area contributed by atoms with Crippen molar-refractivity contribution in [1.82, 2.24) is 19.6 Å². The van der Waals surface area contributed by atoms with E-state index in [1.165, 1.54) is 0 Å². The summed E-state index contributed by atoms with van der Waals surface area (Å²) in [5, 5.41) is 0. The molecule has 0 atom stereocenters. The van der Waals surface area contributed by atoms with Gasteiger partial charge in [0, 0.05) is 51.4 Å². The van der Waals surface area contributed by atoms with Crippen molar-refractivity contribution in [1.29, 1.82) is 0 Å². The van der Waals surface area contributed by atoms with E-state index in [-0.39, 0.29) is 39.3 Å². The van der Waals surface area contributed by atoms with Gasteiger partial charge in [-0.3, -0.25) is 9.59 Å². The normalized spacial score (nSPS) is 11.5. The molecular formula is C27H48N4O8. The molecule has 0 aliphatic rings. The van der Waals surface area contributed by atoms with Crippen LogP contribution in [0.3, 0.4) is 0 Å². The van der Waals surface area contributed by atoms with Crippen LogP contribution in [-0.4, -0.2) is 151 Å². The summed E-state index contributed by atoms with van der Waals surface area (Å²) in [5.41, 5.74) is -1.32. The lowest BCUT2D eigenvalue weighted by molar-refractivity contribution is -0.168. The van der Waals surface area contributed by atoms with Gasteiger partial charge in [0.25, 0.3) is 0 Å². The van der Waals surface area contributed by atoms with Gasteiger partial charge in [0.15, 0.2) is 0 Å². The first-order valence-corrected chi connectivity index (χ1v) is 12.9.